The molecule has 1 unspecified atom stereocenters. The smallest absolute Gasteiger partial charge is 0.326 e. The van der Waals surface area contributed by atoms with E-state index in [0.29, 0.717) is 12.1 Å². The summed E-state index contributed by atoms with van der Waals surface area (Å²) in [7, 11) is 0. The van der Waals surface area contributed by atoms with Crippen molar-refractivity contribution < 1.29 is 14.7 Å². The summed E-state index contributed by atoms with van der Waals surface area (Å²) in [5, 5.41) is 9.48. The first kappa shape index (κ1) is 16.7. The molecule has 4 nitrogen and oxygen atoms in total. The number of rotatable bonds is 6. The van der Waals surface area contributed by atoms with Crippen molar-refractivity contribution in [1.29, 1.82) is 0 Å². The van der Waals surface area contributed by atoms with E-state index in [2.05, 4.69) is 0 Å². The lowest BCUT2D eigenvalue weighted by molar-refractivity contribution is -0.140. The van der Waals surface area contributed by atoms with Crippen LogP contribution in [-0.4, -0.2) is 23.0 Å². The second kappa shape index (κ2) is 7.58. The third kappa shape index (κ3) is 3.97. The van der Waals surface area contributed by atoms with E-state index in [0.717, 1.165) is 11.1 Å². The number of hydrogen-bond donors (Lipinski definition) is 1. The first-order valence-corrected chi connectivity index (χ1v) is 7.69. The highest BCUT2D eigenvalue weighted by atomic mass is 16.4. The average molecular weight is 311 g/mol. The van der Waals surface area contributed by atoms with Crippen LogP contribution < -0.4 is 4.90 Å². The highest BCUT2D eigenvalue weighted by molar-refractivity contribution is 6.00. The molecule has 1 N–H and O–H groups in total. The monoisotopic (exact) mass is 311 g/mol. The number of carboxylic acid groups (broad SMARTS) is 1. The minimum Gasteiger partial charge on any atom is -0.480 e. The Hall–Kier alpha value is -2.62. The molecule has 2 rings (SSSR count). The quantitative estimate of drug-likeness (QED) is 0.889. The van der Waals surface area contributed by atoms with Gasteiger partial charge in [-0.05, 0) is 36.6 Å². The van der Waals surface area contributed by atoms with Crippen LogP contribution in [0.4, 0.5) is 5.69 Å². The van der Waals surface area contributed by atoms with Gasteiger partial charge >= 0.3 is 5.97 Å². The second-order valence-corrected chi connectivity index (χ2v) is 5.46. The predicted octanol–water partition coefficient (Wildman–Crippen LogP) is 3.43. The molecule has 2 aromatic carbocycles. The Balaban J connectivity index is 2.35. The third-order valence-corrected chi connectivity index (χ3v) is 3.89. The lowest BCUT2D eigenvalue weighted by atomic mass is 10.0. The van der Waals surface area contributed by atoms with E-state index in [1.54, 1.807) is 31.2 Å². The van der Waals surface area contributed by atoms with Crippen LogP contribution in [0.15, 0.2) is 54.6 Å². The van der Waals surface area contributed by atoms with E-state index in [-0.39, 0.29) is 12.3 Å². The Bertz CT molecular complexity index is 682. The largest absolute Gasteiger partial charge is 0.480 e. The van der Waals surface area contributed by atoms with Crippen LogP contribution in [0, 0.1) is 6.92 Å². The van der Waals surface area contributed by atoms with Crippen molar-refractivity contribution in [3.8, 4) is 0 Å². The van der Waals surface area contributed by atoms with Gasteiger partial charge in [-0.1, -0.05) is 49.4 Å². The van der Waals surface area contributed by atoms with Gasteiger partial charge in [-0.25, -0.2) is 4.79 Å². The first-order chi connectivity index (χ1) is 11.0. The summed E-state index contributed by atoms with van der Waals surface area (Å²) in [5.41, 5.74) is 2.55. The minimum absolute atomic E-state index is 0.186. The zero-order valence-electron chi connectivity index (χ0n) is 13.4. The summed E-state index contributed by atoms with van der Waals surface area (Å²) in [6, 6.07) is 15.8. The average Bonchev–Trinajstić information content (AvgIpc) is 2.55. The van der Waals surface area contributed by atoms with E-state index in [9.17, 15) is 14.7 Å². The second-order valence-electron chi connectivity index (χ2n) is 5.46. The van der Waals surface area contributed by atoms with Gasteiger partial charge in [0.2, 0.25) is 5.91 Å². The van der Waals surface area contributed by atoms with Gasteiger partial charge in [0.15, 0.2) is 0 Å². The van der Waals surface area contributed by atoms with Crippen molar-refractivity contribution in [2.24, 2.45) is 0 Å². The molecule has 0 fully saturated rings. The van der Waals surface area contributed by atoms with E-state index in [1.165, 1.54) is 4.90 Å². The van der Waals surface area contributed by atoms with Gasteiger partial charge in [0.25, 0.3) is 0 Å². The Morgan fingerprint density at radius 2 is 1.65 bits per heavy atom. The lowest BCUT2D eigenvalue weighted by Gasteiger charge is -2.28. The molecule has 120 valence electrons. The predicted molar refractivity (Wildman–Crippen MR) is 90.5 cm³/mol. The fourth-order valence-corrected chi connectivity index (χ4v) is 2.61. The molecule has 0 aromatic heterocycles. The van der Waals surface area contributed by atoms with E-state index in [4.69, 9.17) is 0 Å². The van der Waals surface area contributed by atoms with E-state index in [1.807, 2.05) is 37.3 Å². The molecule has 0 aliphatic rings. The van der Waals surface area contributed by atoms with Crippen LogP contribution >= 0.6 is 0 Å². The molecule has 0 radical (unpaired) electrons. The van der Waals surface area contributed by atoms with Gasteiger partial charge in [0.05, 0.1) is 6.42 Å². The number of hydrogen-bond acceptors (Lipinski definition) is 2. The fraction of sp³-hybridized carbons (Fsp3) is 0.263. The van der Waals surface area contributed by atoms with Gasteiger partial charge in [-0.15, -0.1) is 0 Å². The number of nitrogens with zero attached hydrogens (tertiary/aromatic N) is 1. The SMILES string of the molecule is CCC(C(=O)O)N(C(=O)Cc1ccccc1C)c1ccccc1. The molecule has 0 saturated heterocycles. The molecule has 0 spiro atoms. The summed E-state index contributed by atoms with van der Waals surface area (Å²) < 4.78 is 0. The number of carbonyl (C=O) groups is 2. The number of anilines is 1. The minimum atomic E-state index is -0.991. The molecule has 0 bridgehead atoms. The van der Waals surface area contributed by atoms with Gasteiger partial charge < -0.3 is 5.11 Å². The normalized spacial score (nSPS) is 11.7. The molecule has 0 saturated carbocycles. The Morgan fingerprint density at radius 3 is 2.22 bits per heavy atom. The summed E-state index contributed by atoms with van der Waals surface area (Å²) >= 11 is 0. The van der Waals surface area contributed by atoms with Crippen molar-refractivity contribution in [3.05, 3.63) is 65.7 Å². The van der Waals surface area contributed by atoms with Gasteiger partial charge in [0.1, 0.15) is 6.04 Å². The molecule has 23 heavy (non-hydrogen) atoms. The number of para-hydroxylation sites is 1. The first-order valence-electron chi connectivity index (χ1n) is 7.69. The summed E-state index contributed by atoms with van der Waals surface area (Å²) in [6.07, 6.45) is 0.537. The summed E-state index contributed by atoms with van der Waals surface area (Å²) in [5.74, 6) is -1.20. The van der Waals surface area contributed by atoms with Crippen molar-refractivity contribution in [2.45, 2.75) is 32.7 Å². The number of benzene rings is 2. The van der Waals surface area contributed by atoms with Crippen LogP contribution in [0.1, 0.15) is 24.5 Å². The number of amides is 1. The molecular formula is C19H21NO3. The number of carboxylic acids is 1. The van der Waals surface area contributed by atoms with E-state index >= 15 is 0 Å². The highest BCUT2D eigenvalue weighted by Gasteiger charge is 2.29. The van der Waals surface area contributed by atoms with Gasteiger partial charge in [-0.2, -0.15) is 0 Å². The molecular weight excluding hydrogens is 290 g/mol. The molecule has 0 aliphatic heterocycles. The topological polar surface area (TPSA) is 57.6 Å². The molecule has 0 heterocycles. The van der Waals surface area contributed by atoms with Crippen molar-refractivity contribution in [3.63, 3.8) is 0 Å². The lowest BCUT2D eigenvalue weighted by Crippen LogP contribution is -2.45. The fourth-order valence-electron chi connectivity index (χ4n) is 2.61. The summed E-state index contributed by atoms with van der Waals surface area (Å²) in [4.78, 5) is 25.8. The van der Waals surface area contributed by atoms with Crippen LogP contribution in [0.5, 0.6) is 0 Å². The number of aryl methyl sites for hydroxylation is 1. The Morgan fingerprint density at radius 1 is 1.04 bits per heavy atom. The van der Waals surface area contributed by atoms with Crippen LogP contribution in [-0.2, 0) is 16.0 Å². The van der Waals surface area contributed by atoms with Crippen molar-refractivity contribution in [1.82, 2.24) is 0 Å². The van der Waals surface area contributed by atoms with Crippen LogP contribution in [0.25, 0.3) is 0 Å². The van der Waals surface area contributed by atoms with Crippen molar-refractivity contribution in [2.75, 3.05) is 4.90 Å². The molecule has 1 atom stereocenters. The maximum Gasteiger partial charge on any atom is 0.326 e. The Labute approximate surface area is 136 Å². The molecule has 4 heteroatoms. The van der Waals surface area contributed by atoms with Crippen molar-refractivity contribution >= 4 is 17.6 Å². The maximum atomic E-state index is 12.8. The van der Waals surface area contributed by atoms with Gasteiger partial charge in [-0.3, -0.25) is 9.69 Å². The zero-order valence-corrected chi connectivity index (χ0v) is 13.4. The van der Waals surface area contributed by atoms with Crippen LogP contribution in [0.2, 0.25) is 0 Å². The molecule has 0 aliphatic carbocycles. The Kier molecular flexibility index (Phi) is 5.52. The summed E-state index contributed by atoms with van der Waals surface area (Å²) in [6.45, 7) is 3.72. The van der Waals surface area contributed by atoms with E-state index < -0.39 is 12.0 Å². The number of carbonyl (C=O) groups excluding carboxylic acids is 1. The number of aliphatic carboxylic acids is 1. The molecule has 1 amide bonds. The zero-order chi connectivity index (χ0) is 16.8. The highest BCUT2D eigenvalue weighted by Crippen LogP contribution is 2.21. The third-order valence-electron chi connectivity index (χ3n) is 3.89. The maximum absolute atomic E-state index is 12.8. The molecule has 2 aromatic rings. The van der Waals surface area contributed by atoms with Gasteiger partial charge in [0, 0.05) is 5.69 Å². The standard InChI is InChI=1S/C19H21NO3/c1-3-17(19(22)23)20(16-11-5-4-6-12-16)18(21)13-15-10-8-7-9-14(15)2/h4-12,17H,3,13H2,1-2H3,(H,22,23). The van der Waals surface area contributed by atoms with Crippen LogP contribution in [0.3, 0.4) is 0 Å².